The van der Waals surface area contributed by atoms with Crippen LogP contribution < -0.4 is 5.32 Å². The van der Waals surface area contributed by atoms with Crippen molar-refractivity contribution in [1.82, 2.24) is 10.3 Å². The second-order valence-electron chi connectivity index (χ2n) is 3.43. The fourth-order valence-electron chi connectivity index (χ4n) is 1.26. The summed E-state index contributed by atoms with van der Waals surface area (Å²) in [5.74, 6) is -0.980. The lowest BCUT2D eigenvalue weighted by Gasteiger charge is -2.05. The third kappa shape index (κ3) is 3.56. The van der Waals surface area contributed by atoms with Crippen molar-refractivity contribution in [3.8, 4) is 6.07 Å². The van der Waals surface area contributed by atoms with Crippen LogP contribution in [0.25, 0.3) is 0 Å². The third-order valence-corrected chi connectivity index (χ3v) is 2.14. The lowest BCUT2D eigenvalue weighted by atomic mass is 10.2. The molecule has 0 saturated heterocycles. The van der Waals surface area contributed by atoms with E-state index in [1.165, 1.54) is 12.1 Å². The zero-order valence-electron chi connectivity index (χ0n) is 10.2. The number of aryl methyl sites for hydroxylation is 1. The normalized spacial score (nSPS) is 9.39. The number of pyridine rings is 1. The minimum atomic E-state index is -0.504. The number of esters is 1. The van der Waals surface area contributed by atoms with Gasteiger partial charge in [-0.15, -0.1) is 0 Å². The number of ether oxygens (including phenoxy) is 1. The van der Waals surface area contributed by atoms with Crippen molar-refractivity contribution in [1.29, 1.82) is 5.26 Å². The standard InChI is InChI=1S/C12H13N3O3/c1-3-18-11(16)7-14-12(17)10-5-4-9(6-13)8(2)15-10/h4-5H,3,7H2,1-2H3,(H,14,17). The van der Waals surface area contributed by atoms with Crippen molar-refractivity contribution in [3.63, 3.8) is 0 Å². The Labute approximate surface area is 105 Å². The molecule has 1 amide bonds. The summed E-state index contributed by atoms with van der Waals surface area (Å²) >= 11 is 0. The summed E-state index contributed by atoms with van der Waals surface area (Å²) in [6, 6.07) is 4.91. The van der Waals surface area contributed by atoms with Crippen molar-refractivity contribution >= 4 is 11.9 Å². The molecule has 0 atom stereocenters. The average Bonchev–Trinajstić information content (AvgIpc) is 2.36. The molecule has 0 spiro atoms. The van der Waals surface area contributed by atoms with Gasteiger partial charge in [-0.1, -0.05) is 0 Å². The van der Waals surface area contributed by atoms with Gasteiger partial charge in [0.05, 0.1) is 17.9 Å². The molecule has 1 N–H and O–H groups in total. The van der Waals surface area contributed by atoms with Gasteiger partial charge in [0, 0.05) is 0 Å². The van der Waals surface area contributed by atoms with Gasteiger partial charge in [0.15, 0.2) is 0 Å². The molecule has 0 radical (unpaired) electrons. The SMILES string of the molecule is CCOC(=O)CNC(=O)c1ccc(C#N)c(C)n1. The van der Waals surface area contributed by atoms with Crippen molar-refractivity contribution in [3.05, 3.63) is 29.1 Å². The van der Waals surface area contributed by atoms with E-state index in [1.54, 1.807) is 13.8 Å². The summed E-state index contributed by atoms with van der Waals surface area (Å²) in [7, 11) is 0. The smallest absolute Gasteiger partial charge is 0.325 e. The minimum absolute atomic E-state index is 0.163. The lowest BCUT2D eigenvalue weighted by Crippen LogP contribution is -2.31. The summed E-state index contributed by atoms with van der Waals surface area (Å²) in [6.07, 6.45) is 0. The molecule has 0 aliphatic heterocycles. The predicted octanol–water partition coefficient (Wildman–Crippen LogP) is 0.555. The van der Waals surface area contributed by atoms with E-state index in [0.29, 0.717) is 11.3 Å². The van der Waals surface area contributed by atoms with E-state index in [9.17, 15) is 9.59 Å². The lowest BCUT2D eigenvalue weighted by molar-refractivity contribution is -0.141. The third-order valence-electron chi connectivity index (χ3n) is 2.14. The van der Waals surface area contributed by atoms with Crippen LogP contribution in [0.1, 0.15) is 28.7 Å². The van der Waals surface area contributed by atoms with Gasteiger partial charge in [-0.2, -0.15) is 5.26 Å². The van der Waals surface area contributed by atoms with Gasteiger partial charge in [-0.3, -0.25) is 9.59 Å². The van der Waals surface area contributed by atoms with Crippen LogP contribution in [-0.2, 0) is 9.53 Å². The van der Waals surface area contributed by atoms with Gasteiger partial charge < -0.3 is 10.1 Å². The van der Waals surface area contributed by atoms with Gasteiger partial charge in [-0.05, 0) is 26.0 Å². The number of hydrogen-bond acceptors (Lipinski definition) is 5. The summed E-state index contributed by atoms with van der Waals surface area (Å²) in [6.45, 7) is 3.39. The first kappa shape index (κ1) is 13.6. The Morgan fingerprint density at radius 2 is 2.22 bits per heavy atom. The maximum atomic E-state index is 11.6. The van der Waals surface area contributed by atoms with Crippen LogP contribution in [-0.4, -0.2) is 30.0 Å². The molecule has 0 aliphatic carbocycles. The molecule has 18 heavy (non-hydrogen) atoms. The van der Waals surface area contributed by atoms with Gasteiger partial charge in [0.25, 0.3) is 5.91 Å². The van der Waals surface area contributed by atoms with E-state index < -0.39 is 11.9 Å². The highest BCUT2D eigenvalue weighted by Gasteiger charge is 2.11. The first-order valence-electron chi connectivity index (χ1n) is 5.40. The minimum Gasteiger partial charge on any atom is -0.465 e. The summed E-state index contributed by atoms with van der Waals surface area (Å²) in [4.78, 5) is 26.7. The monoisotopic (exact) mass is 247 g/mol. The van der Waals surface area contributed by atoms with E-state index in [-0.39, 0.29) is 18.8 Å². The van der Waals surface area contributed by atoms with E-state index in [2.05, 4.69) is 15.0 Å². The molecular weight excluding hydrogens is 234 g/mol. The Hall–Kier alpha value is -2.42. The highest BCUT2D eigenvalue weighted by molar-refractivity contribution is 5.94. The molecule has 0 aromatic carbocycles. The molecule has 0 aliphatic rings. The van der Waals surface area contributed by atoms with Crippen LogP contribution in [0.5, 0.6) is 0 Å². The number of nitriles is 1. The molecular formula is C12H13N3O3. The van der Waals surface area contributed by atoms with Crippen LogP contribution in [0.15, 0.2) is 12.1 Å². The molecule has 1 heterocycles. The molecule has 1 rings (SSSR count). The van der Waals surface area contributed by atoms with Crippen LogP contribution in [0.3, 0.4) is 0 Å². The Morgan fingerprint density at radius 3 is 2.78 bits per heavy atom. The number of aromatic nitrogens is 1. The van der Waals surface area contributed by atoms with Crippen LogP contribution >= 0.6 is 0 Å². The largest absolute Gasteiger partial charge is 0.465 e. The maximum absolute atomic E-state index is 11.6. The van der Waals surface area contributed by atoms with E-state index in [1.807, 2.05) is 6.07 Å². The fourth-order valence-corrected chi connectivity index (χ4v) is 1.26. The van der Waals surface area contributed by atoms with Gasteiger partial charge in [-0.25, -0.2) is 4.98 Å². The van der Waals surface area contributed by atoms with Crippen molar-refractivity contribution < 1.29 is 14.3 Å². The Bertz CT molecular complexity index is 506. The summed E-state index contributed by atoms with van der Waals surface area (Å²) in [5.41, 5.74) is 1.05. The number of rotatable bonds is 4. The topological polar surface area (TPSA) is 92.1 Å². The highest BCUT2D eigenvalue weighted by Crippen LogP contribution is 2.05. The molecule has 94 valence electrons. The first-order chi connectivity index (χ1) is 8.58. The van der Waals surface area contributed by atoms with Crippen molar-refractivity contribution in [2.24, 2.45) is 0 Å². The second kappa shape index (κ2) is 6.35. The zero-order chi connectivity index (χ0) is 13.5. The first-order valence-corrected chi connectivity index (χ1v) is 5.40. The number of amides is 1. The Morgan fingerprint density at radius 1 is 1.50 bits per heavy atom. The molecule has 1 aromatic rings. The zero-order valence-corrected chi connectivity index (χ0v) is 10.2. The van der Waals surface area contributed by atoms with Crippen LogP contribution in [0.4, 0.5) is 0 Å². The maximum Gasteiger partial charge on any atom is 0.325 e. The summed E-state index contributed by atoms with van der Waals surface area (Å²) in [5, 5.41) is 11.1. The number of hydrogen-bond donors (Lipinski definition) is 1. The predicted molar refractivity (Wildman–Crippen MR) is 62.7 cm³/mol. The quantitative estimate of drug-likeness (QED) is 0.784. The van der Waals surface area contributed by atoms with Crippen LogP contribution in [0, 0.1) is 18.3 Å². The molecule has 6 heteroatoms. The highest BCUT2D eigenvalue weighted by atomic mass is 16.5. The van der Waals surface area contributed by atoms with Gasteiger partial charge >= 0.3 is 5.97 Å². The Balaban J connectivity index is 2.65. The molecule has 6 nitrogen and oxygen atoms in total. The molecule has 0 bridgehead atoms. The number of nitrogens with one attached hydrogen (secondary N) is 1. The van der Waals surface area contributed by atoms with E-state index in [0.717, 1.165) is 0 Å². The van der Waals surface area contributed by atoms with Crippen molar-refractivity contribution in [2.75, 3.05) is 13.2 Å². The Kier molecular flexibility index (Phi) is 4.81. The second-order valence-corrected chi connectivity index (χ2v) is 3.43. The van der Waals surface area contributed by atoms with Gasteiger partial charge in [0.1, 0.15) is 18.3 Å². The van der Waals surface area contributed by atoms with Gasteiger partial charge in [0.2, 0.25) is 0 Å². The molecule has 0 unspecified atom stereocenters. The molecule has 1 aromatic heterocycles. The fraction of sp³-hybridized carbons (Fsp3) is 0.333. The average molecular weight is 247 g/mol. The van der Waals surface area contributed by atoms with E-state index in [4.69, 9.17) is 5.26 Å². The summed E-state index contributed by atoms with van der Waals surface area (Å²) < 4.78 is 4.67. The van der Waals surface area contributed by atoms with Crippen LogP contribution in [0.2, 0.25) is 0 Å². The molecule has 0 saturated carbocycles. The number of carbonyl (C=O) groups is 2. The number of carbonyl (C=O) groups excluding carboxylic acids is 2. The van der Waals surface area contributed by atoms with Crippen molar-refractivity contribution in [2.45, 2.75) is 13.8 Å². The van der Waals surface area contributed by atoms with E-state index >= 15 is 0 Å². The molecule has 0 fully saturated rings. The number of nitrogens with zero attached hydrogens (tertiary/aromatic N) is 2.